The molecule has 1 aromatic heterocycles. The number of pyridine rings is 1. The first kappa shape index (κ1) is 19.7. The summed E-state index contributed by atoms with van der Waals surface area (Å²) in [6, 6.07) is 9.83. The first-order valence-corrected chi connectivity index (χ1v) is 9.28. The summed E-state index contributed by atoms with van der Waals surface area (Å²) in [5.74, 6) is -0.686. The molecule has 0 saturated heterocycles. The van der Waals surface area contributed by atoms with Crippen molar-refractivity contribution in [2.75, 3.05) is 11.1 Å². The fraction of sp³-hybridized carbons (Fsp3) is 0.263. The number of benzene rings is 1. The normalized spacial score (nSPS) is 12.8. The fourth-order valence-corrected chi connectivity index (χ4v) is 3.88. The van der Waals surface area contributed by atoms with Gasteiger partial charge in [-0.05, 0) is 43.0 Å². The van der Waals surface area contributed by atoms with Crippen molar-refractivity contribution in [3.8, 4) is 12.1 Å². The largest absolute Gasteiger partial charge is 0.418 e. The molecule has 142 valence electrons. The van der Waals surface area contributed by atoms with Gasteiger partial charge in [-0.2, -0.15) is 23.7 Å². The van der Waals surface area contributed by atoms with Crippen LogP contribution in [0.5, 0.6) is 0 Å². The number of carbonyl (C=O) groups is 1. The van der Waals surface area contributed by atoms with Crippen LogP contribution in [0, 0.1) is 22.7 Å². The number of nitrogens with one attached hydrogen (secondary N) is 1. The Kier molecular flexibility index (Phi) is 5.57. The number of nitriles is 2. The third kappa shape index (κ3) is 4.10. The van der Waals surface area contributed by atoms with Crippen molar-refractivity contribution in [2.45, 2.75) is 30.5 Å². The van der Waals surface area contributed by atoms with Crippen molar-refractivity contribution in [2.24, 2.45) is 0 Å². The van der Waals surface area contributed by atoms with Crippen LogP contribution < -0.4 is 5.32 Å². The molecule has 1 amide bonds. The van der Waals surface area contributed by atoms with E-state index in [0.29, 0.717) is 29.8 Å². The Hall–Kier alpha value is -3.04. The van der Waals surface area contributed by atoms with E-state index in [1.165, 1.54) is 6.07 Å². The zero-order chi connectivity index (χ0) is 20.3. The van der Waals surface area contributed by atoms with E-state index in [-0.39, 0.29) is 22.8 Å². The number of alkyl halides is 3. The summed E-state index contributed by atoms with van der Waals surface area (Å²) in [5, 5.41) is 20.7. The van der Waals surface area contributed by atoms with Gasteiger partial charge in [-0.25, -0.2) is 4.98 Å². The number of fused-ring (bicyclic) bond motifs is 1. The van der Waals surface area contributed by atoms with E-state index in [9.17, 15) is 23.2 Å². The predicted octanol–water partition coefficient (Wildman–Crippen LogP) is 4.06. The molecule has 1 aromatic carbocycles. The van der Waals surface area contributed by atoms with E-state index in [4.69, 9.17) is 5.26 Å². The van der Waals surface area contributed by atoms with Crippen LogP contribution in [-0.2, 0) is 23.8 Å². The van der Waals surface area contributed by atoms with Crippen molar-refractivity contribution in [1.82, 2.24) is 4.98 Å². The van der Waals surface area contributed by atoms with Crippen LogP contribution in [0.2, 0.25) is 0 Å². The van der Waals surface area contributed by atoms with Crippen molar-refractivity contribution in [3.63, 3.8) is 0 Å². The Bertz CT molecular complexity index is 1020. The Morgan fingerprint density at radius 2 is 2.04 bits per heavy atom. The summed E-state index contributed by atoms with van der Waals surface area (Å²) in [6.07, 6.45) is -3.44. The number of hydrogen-bond donors (Lipinski definition) is 1. The number of carbonyl (C=O) groups excluding carboxylic acids is 1. The number of aryl methyl sites for hydroxylation is 1. The highest BCUT2D eigenvalue weighted by Crippen LogP contribution is 2.41. The minimum Gasteiger partial charge on any atom is -0.325 e. The second kappa shape index (κ2) is 7.91. The van der Waals surface area contributed by atoms with Crippen molar-refractivity contribution in [3.05, 3.63) is 52.2 Å². The van der Waals surface area contributed by atoms with Gasteiger partial charge in [0.2, 0.25) is 5.91 Å². The molecule has 0 bridgehead atoms. The molecule has 1 aliphatic rings. The lowest BCUT2D eigenvalue weighted by Crippen LogP contribution is -2.16. The molecule has 0 aliphatic heterocycles. The highest BCUT2D eigenvalue weighted by molar-refractivity contribution is 8.00. The zero-order valence-corrected chi connectivity index (χ0v) is 15.2. The predicted molar refractivity (Wildman–Crippen MR) is 96.5 cm³/mol. The van der Waals surface area contributed by atoms with Crippen LogP contribution in [0.3, 0.4) is 0 Å². The Morgan fingerprint density at radius 3 is 2.71 bits per heavy atom. The van der Waals surface area contributed by atoms with Gasteiger partial charge >= 0.3 is 6.18 Å². The fourth-order valence-electron chi connectivity index (χ4n) is 3.08. The topological polar surface area (TPSA) is 89.6 Å². The van der Waals surface area contributed by atoms with E-state index in [1.54, 1.807) is 24.3 Å². The van der Waals surface area contributed by atoms with Gasteiger partial charge in [-0.1, -0.05) is 17.8 Å². The minimum absolute atomic E-state index is 0.0867. The highest BCUT2D eigenvalue weighted by atomic mass is 32.2. The molecule has 5 nitrogen and oxygen atoms in total. The van der Waals surface area contributed by atoms with Gasteiger partial charge in [0.25, 0.3) is 0 Å². The first-order valence-electron chi connectivity index (χ1n) is 8.29. The molecule has 1 heterocycles. The van der Waals surface area contributed by atoms with Crippen molar-refractivity contribution < 1.29 is 18.0 Å². The summed E-state index contributed by atoms with van der Waals surface area (Å²) < 4.78 is 40.6. The molecule has 0 unspecified atom stereocenters. The molecule has 9 heteroatoms. The molecule has 0 saturated carbocycles. The number of amides is 1. The molecule has 1 aliphatic carbocycles. The molecule has 2 aromatic rings. The first-order chi connectivity index (χ1) is 13.3. The average molecular weight is 402 g/mol. The van der Waals surface area contributed by atoms with Crippen molar-refractivity contribution >= 4 is 23.4 Å². The Balaban J connectivity index is 1.82. The maximum absolute atomic E-state index is 13.5. The van der Waals surface area contributed by atoms with E-state index in [1.807, 2.05) is 6.07 Å². The highest BCUT2D eigenvalue weighted by Gasteiger charge is 2.40. The van der Waals surface area contributed by atoms with E-state index in [2.05, 4.69) is 10.3 Å². The van der Waals surface area contributed by atoms with E-state index >= 15 is 0 Å². The lowest BCUT2D eigenvalue weighted by Gasteiger charge is -2.16. The zero-order valence-electron chi connectivity index (χ0n) is 14.4. The van der Waals surface area contributed by atoms with Gasteiger partial charge in [-0.15, -0.1) is 0 Å². The average Bonchev–Trinajstić information content (AvgIpc) is 3.12. The second-order valence-corrected chi connectivity index (χ2v) is 7.05. The summed E-state index contributed by atoms with van der Waals surface area (Å²) in [7, 11) is 0. The standard InChI is InChI=1S/C19H13F3N4OS/c20-19(21,22)17-13-5-2-6-15(13)26-18(14(17)9-24)28-10-16(27)25-12-4-1-3-11(7-12)8-23/h1,3-4,7H,2,5-6,10H2,(H,25,27). The van der Waals surface area contributed by atoms with Gasteiger partial charge in [0.1, 0.15) is 11.1 Å². The number of anilines is 1. The van der Waals surface area contributed by atoms with Crippen LogP contribution in [-0.4, -0.2) is 16.6 Å². The monoisotopic (exact) mass is 402 g/mol. The van der Waals surface area contributed by atoms with Crippen LogP contribution in [0.25, 0.3) is 0 Å². The number of aromatic nitrogens is 1. The molecule has 3 rings (SSSR count). The Labute approximate surface area is 163 Å². The molecule has 0 fully saturated rings. The number of halogens is 3. The van der Waals surface area contributed by atoms with Crippen LogP contribution in [0.15, 0.2) is 29.3 Å². The quantitative estimate of drug-likeness (QED) is 0.779. The third-order valence-corrected chi connectivity index (χ3v) is 5.18. The Morgan fingerprint density at radius 1 is 1.25 bits per heavy atom. The molecular formula is C19H13F3N4OS. The van der Waals surface area contributed by atoms with Crippen LogP contribution >= 0.6 is 11.8 Å². The summed E-state index contributed by atoms with van der Waals surface area (Å²) >= 11 is 0.795. The van der Waals surface area contributed by atoms with Gasteiger partial charge in [0.05, 0.1) is 28.5 Å². The summed E-state index contributed by atoms with van der Waals surface area (Å²) in [4.78, 5) is 16.4. The SMILES string of the molecule is N#Cc1cccc(NC(=O)CSc2nc3c(c(C(F)(F)F)c2C#N)CCC3)c1. The lowest BCUT2D eigenvalue weighted by molar-refractivity contribution is -0.138. The summed E-state index contributed by atoms with van der Waals surface area (Å²) in [5.41, 5.74) is -0.253. The number of nitrogens with zero attached hydrogens (tertiary/aromatic N) is 3. The number of rotatable bonds is 4. The van der Waals surface area contributed by atoms with Crippen LogP contribution in [0.1, 0.15) is 34.4 Å². The van der Waals surface area contributed by atoms with Gasteiger partial charge < -0.3 is 5.32 Å². The number of hydrogen-bond acceptors (Lipinski definition) is 5. The molecule has 0 spiro atoms. The van der Waals surface area contributed by atoms with Gasteiger partial charge in [-0.3, -0.25) is 4.79 Å². The van der Waals surface area contributed by atoms with Gasteiger partial charge in [0, 0.05) is 11.4 Å². The van der Waals surface area contributed by atoms with E-state index < -0.39 is 23.2 Å². The second-order valence-electron chi connectivity index (χ2n) is 6.08. The lowest BCUT2D eigenvalue weighted by atomic mass is 10.0. The van der Waals surface area contributed by atoms with Crippen LogP contribution in [0.4, 0.5) is 18.9 Å². The van der Waals surface area contributed by atoms with Gasteiger partial charge in [0.15, 0.2) is 0 Å². The smallest absolute Gasteiger partial charge is 0.325 e. The number of thioether (sulfide) groups is 1. The molecular weight excluding hydrogens is 389 g/mol. The molecule has 28 heavy (non-hydrogen) atoms. The molecule has 0 atom stereocenters. The maximum Gasteiger partial charge on any atom is 0.418 e. The van der Waals surface area contributed by atoms with E-state index in [0.717, 1.165) is 11.8 Å². The maximum atomic E-state index is 13.5. The summed E-state index contributed by atoms with van der Waals surface area (Å²) in [6.45, 7) is 0. The third-order valence-electron chi connectivity index (χ3n) is 4.20. The molecule has 0 radical (unpaired) electrons. The molecule has 1 N–H and O–H groups in total. The van der Waals surface area contributed by atoms with Crippen molar-refractivity contribution in [1.29, 1.82) is 10.5 Å². The minimum atomic E-state index is -4.66.